The van der Waals surface area contributed by atoms with Crippen LogP contribution >= 0.6 is 15.9 Å². The second-order valence-electron chi connectivity index (χ2n) is 3.24. The van der Waals surface area contributed by atoms with Crippen LogP contribution in [0.1, 0.15) is 0 Å². The zero-order valence-electron chi connectivity index (χ0n) is 8.91. The lowest BCUT2D eigenvalue weighted by atomic mass is 10.2. The molecule has 0 aromatic heterocycles. The first-order valence-electron chi connectivity index (χ1n) is 4.59. The van der Waals surface area contributed by atoms with Crippen LogP contribution in [-0.2, 0) is 10.8 Å². The molecular weight excluding hydrogens is 315 g/mol. The Bertz CT molecular complexity index is 470. The van der Waals surface area contributed by atoms with Crippen LogP contribution in [0.3, 0.4) is 0 Å². The van der Waals surface area contributed by atoms with Crippen LogP contribution in [0.5, 0.6) is 0 Å². The predicted octanol–water partition coefficient (Wildman–Crippen LogP) is 2.29. The molecule has 0 amide bonds. The molecule has 0 heterocycles. The number of benzene rings is 1. The lowest BCUT2D eigenvalue weighted by Gasteiger charge is -2.07. The molecule has 0 aliphatic heterocycles. The Hall–Kier alpha value is -1.02. The molecule has 0 spiro atoms. The summed E-state index contributed by atoms with van der Waals surface area (Å²) in [7, 11) is -1.00. The average Bonchev–Trinajstić information content (AvgIpc) is 2.22. The van der Waals surface area contributed by atoms with Crippen LogP contribution in [0.2, 0.25) is 0 Å². The van der Waals surface area contributed by atoms with Gasteiger partial charge in [0.25, 0.3) is 5.69 Å². The number of anilines is 1. The Morgan fingerprint density at radius 3 is 2.76 bits per heavy atom. The lowest BCUT2D eigenvalue weighted by Crippen LogP contribution is -2.11. The molecule has 1 aromatic carbocycles. The second-order valence-corrected chi connectivity index (χ2v) is 5.65. The van der Waals surface area contributed by atoms with E-state index in [1.807, 2.05) is 0 Å². The lowest BCUT2D eigenvalue weighted by molar-refractivity contribution is -0.384. The van der Waals surface area contributed by atoms with Crippen molar-refractivity contribution in [3.05, 3.63) is 32.5 Å². The molecule has 1 rings (SSSR count). The molecule has 1 atom stereocenters. The number of hydrogen-bond acceptors (Lipinski definition) is 4. The van der Waals surface area contributed by atoms with Gasteiger partial charge in [0.05, 0.1) is 9.40 Å². The largest absolute Gasteiger partial charge is 0.378 e. The first-order chi connectivity index (χ1) is 7.91. The highest BCUT2D eigenvalue weighted by atomic mass is 79.9. The number of nitro benzene ring substituents is 1. The minimum atomic E-state index is -1.00. The molecule has 1 N–H and O–H groups in total. The van der Waals surface area contributed by atoms with Crippen molar-refractivity contribution in [2.75, 3.05) is 23.9 Å². The maximum absolute atomic E-state index is 13.2. The van der Waals surface area contributed by atoms with Crippen molar-refractivity contribution in [1.29, 1.82) is 0 Å². The molecule has 8 heteroatoms. The summed E-state index contributed by atoms with van der Waals surface area (Å²) in [5, 5.41) is 13.4. The maximum Gasteiger partial charge on any atom is 0.293 e. The molecule has 0 fully saturated rings. The van der Waals surface area contributed by atoms with E-state index in [9.17, 15) is 18.7 Å². The summed E-state index contributed by atoms with van der Waals surface area (Å²) in [6.45, 7) is 0.283. The third-order valence-corrected chi connectivity index (χ3v) is 3.33. The van der Waals surface area contributed by atoms with Gasteiger partial charge >= 0.3 is 0 Å². The third-order valence-electron chi connectivity index (χ3n) is 1.94. The van der Waals surface area contributed by atoms with Gasteiger partial charge < -0.3 is 5.32 Å². The number of nitro groups is 1. The van der Waals surface area contributed by atoms with Gasteiger partial charge in [-0.3, -0.25) is 14.3 Å². The average molecular weight is 325 g/mol. The van der Waals surface area contributed by atoms with Gasteiger partial charge in [-0.2, -0.15) is 0 Å². The fraction of sp³-hybridized carbons (Fsp3) is 0.333. The third kappa shape index (κ3) is 4.04. The highest BCUT2D eigenvalue weighted by molar-refractivity contribution is 9.10. The summed E-state index contributed by atoms with van der Waals surface area (Å²) in [4.78, 5) is 10.1. The molecule has 17 heavy (non-hydrogen) atoms. The summed E-state index contributed by atoms with van der Waals surface area (Å²) in [5.74, 6) is -0.245. The predicted molar refractivity (Wildman–Crippen MR) is 68.2 cm³/mol. The quantitative estimate of drug-likeness (QED) is 0.666. The normalized spacial score (nSPS) is 12.2. The van der Waals surface area contributed by atoms with Crippen molar-refractivity contribution in [3.8, 4) is 0 Å². The van der Waals surface area contributed by atoms with Crippen molar-refractivity contribution < 1.29 is 13.5 Å². The molecule has 94 valence electrons. The zero-order valence-corrected chi connectivity index (χ0v) is 11.3. The molecule has 0 bridgehead atoms. The van der Waals surface area contributed by atoms with Crippen LogP contribution in [-0.4, -0.2) is 27.7 Å². The summed E-state index contributed by atoms with van der Waals surface area (Å²) >= 11 is 2.88. The van der Waals surface area contributed by atoms with Gasteiger partial charge in [0, 0.05) is 41.5 Å². The Balaban J connectivity index is 2.92. The van der Waals surface area contributed by atoms with E-state index in [-0.39, 0.29) is 22.4 Å². The molecule has 1 unspecified atom stereocenters. The van der Waals surface area contributed by atoms with Crippen LogP contribution in [0, 0.1) is 15.9 Å². The van der Waals surface area contributed by atoms with E-state index in [0.717, 1.165) is 12.1 Å². The SMILES string of the molecule is CS(=O)CCNc1cc(F)c(Br)cc1[N+](=O)[O-]. The number of nitrogens with zero attached hydrogens (tertiary/aromatic N) is 1. The van der Waals surface area contributed by atoms with Crippen molar-refractivity contribution in [2.24, 2.45) is 0 Å². The molecule has 0 aliphatic carbocycles. The number of nitrogens with one attached hydrogen (secondary N) is 1. The van der Waals surface area contributed by atoms with Crippen molar-refractivity contribution in [3.63, 3.8) is 0 Å². The number of rotatable bonds is 5. The van der Waals surface area contributed by atoms with Gasteiger partial charge in [-0.1, -0.05) is 0 Å². The first kappa shape index (κ1) is 14.0. The molecule has 0 aliphatic rings. The van der Waals surface area contributed by atoms with E-state index in [2.05, 4.69) is 21.2 Å². The molecular formula is C9H10BrFN2O3S. The molecule has 0 saturated carbocycles. The van der Waals surface area contributed by atoms with Gasteiger partial charge in [0.1, 0.15) is 11.5 Å². The minimum Gasteiger partial charge on any atom is -0.378 e. The van der Waals surface area contributed by atoms with Gasteiger partial charge in [-0.15, -0.1) is 0 Å². The van der Waals surface area contributed by atoms with E-state index in [0.29, 0.717) is 5.75 Å². The van der Waals surface area contributed by atoms with E-state index < -0.39 is 21.5 Å². The van der Waals surface area contributed by atoms with Gasteiger partial charge in [0.2, 0.25) is 0 Å². The fourth-order valence-corrected chi connectivity index (χ4v) is 1.88. The van der Waals surface area contributed by atoms with Crippen molar-refractivity contribution >= 4 is 38.1 Å². The molecule has 5 nitrogen and oxygen atoms in total. The fourth-order valence-electron chi connectivity index (χ4n) is 1.16. The second kappa shape index (κ2) is 6.06. The first-order valence-corrected chi connectivity index (χ1v) is 7.11. The zero-order chi connectivity index (χ0) is 13.0. The standard InChI is InChI=1S/C9H10BrFN2O3S/c1-17(16)3-2-12-8-5-7(11)6(10)4-9(8)13(14)15/h4-5,12H,2-3H2,1H3. The van der Waals surface area contributed by atoms with E-state index >= 15 is 0 Å². The summed E-state index contributed by atoms with van der Waals surface area (Å²) < 4.78 is 24.1. The Kier molecular flexibility index (Phi) is 5.01. The number of hydrogen-bond donors (Lipinski definition) is 1. The van der Waals surface area contributed by atoms with E-state index in [1.165, 1.54) is 6.26 Å². The monoisotopic (exact) mass is 324 g/mol. The molecule has 0 saturated heterocycles. The number of halogens is 2. The van der Waals surface area contributed by atoms with Crippen LogP contribution < -0.4 is 5.32 Å². The van der Waals surface area contributed by atoms with Crippen molar-refractivity contribution in [2.45, 2.75) is 0 Å². The topological polar surface area (TPSA) is 72.2 Å². The van der Waals surface area contributed by atoms with Gasteiger partial charge in [-0.05, 0) is 15.9 Å². The molecule has 1 aromatic rings. The molecule has 0 radical (unpaired) electrons. The highest BCUT2D eigenvalue weighted by Crippen LogP contribution is 2.30. The Morgan fingerprint density at radius 1 is 1.59 bits per heavy atom. The minimum absolute atomic E-state index is 0.0359. The van der Waals surface area contributed by atoms with Gasteiger partial charge in [0.15, 0.2) is 0 Å². The van der Waals surface area contributed by atoms with Crippen LogP contribution in [0.25, 0.3) is 0 Å². The summed E-state index contributed by atoms with van der Waals surface area (Å²) in [6, 6.07) is 2.14. The van der Waals surface area contributed by atoms with E-state index in [1.54, 1.807) is 0 Å². The summed E-state index contributed by atoms with van der Waals surface area (Å²) in [5.41, 5.74) is -0.138. The van der Waals surface area contributed by atoms with Crippen LogP contribution in [0.15, 0.2) is 16.6 Å². The highest BCUT2D eigenvalue weighted by Gasteiger charge is 2.17. The van der Waals surface area contributed by atoms with Gasteiger partial charge in [-0.25, -0.2) is 4.39 Å². The summed E-state index contributed by atoms with van der Waals surface area (Å²) in [6.07, 6.45) is 1.53. The Morgan fingerprint density at radius 2 is 2.24 bits per heavy atom. The maximum atomic E-state index is 13.2. The van der Waals surface area contributed by atoms with E-state index in [4.69, 9.17) is 0 Å². The smallest absolute Gasteiger partial charge is 0.293 e. The van der Waals surface area contributed by atoms with Crippen LogP contribution in [0.4, 0.5) is 15.8 Å². The Labute approximate surface area is 108 Å². The van der Waals surface area contributed by atoms with Crippen molar-refractivity contribution in [1.82, 2.24) is 0 Å².